The first-order valence-electron chi connectivity index (χ1n) is 35.2. The monoisotopic (exact) mass is 1470 g/mol. The summed E-state index contributed by atoms with van der Waals surface area (Å²) < 4.78 is 66.7. The summed E-state index contributed by atoms with van der Waals surface area (Å²) in [5.41, 5.74) is 0. The van der Waals surface area contributed by atoms with Gasteiger partial charge in [0.2, 0.25) is 35.4 Å². The lowest BCUT2D eigenvalue weighted by Gasteiger charge is -2.52. The number of hydrogen-bond acceptors (Lipinski definition) is 31. The third kappa shape index (κ3) is 23.0. The van der Waals surface area contributed by atoms with Crippen LogP contribution in [-0.2, 0) is 80.9 Å². The quantitative estimate of drug-likeness (QED) is 0.0203. The number of nitrogens with one attached hydrogen (secondary N) is 5. The highest BCUT2D eigenvalue weighted by molar-refractivity contribution is 5.76. The van der Waals surface area contributed by atoms with E-state index in [1.807, 2.05) is 0 Å². The number of ether oxygens (including phenoxy) is 11. The van der Waals surface area contributed by atoms with Gasteiger partial charge >= 0.3 is 0 Å². The summed E-state index contributed by atoms with van der Waals surface area (Å²) in [6, 6.07) is -10.0. The molecule has 6 heterocycles. The third-order valence-corrected chi connectivity index (χ3v) is 18.9. The SMILES string of the molecule is CCCCCCC=CCCCCCCCCCC(=O)N(C)C1C(OC2C(CO)OC(OC3C(CO)OC(OC4C(CO)OC(OC5C(CO)OC(OC6C(CO)OC(O)C(NC(C)=O)C6O)C(NC(C)=O)C5O)C(NC(C)=O)C4O)C(NC(C)=O)C3O)C(NC(C)=O)C2O)OC(CO)C(O)C1O. The van der Waals surface area contributed by atoms with E-state index < -0.39 is 259 Å². The van der Waals surface area contributed by atoms with Gasteiger partial charge in [0.1, 0.15) is 146 Å². The highest BCUT2D eigenvalue weighted by Gasteiger charge is 2.59. The van der Waals surface area contributed by atoms with Crippen LogP contribution in [0.2, 0.25) is 0 Å². The summed E-state index contributed by atoms with van der Waals surface area (Å²) in [7, 11) is 1.35. The Kier molecular flexibility index (Phi) is 35.8. The number of rotatable bonds is 37. The van der Waals surface area contributed by atoms with Crippen molar-refractivity contribution in [2.24, 2.45) is 0 Å². The molecule has 6 fully saturated rings. The molecule has 30 unspecified atom stereocenters. The van der Waals surface area contributed by atoms with Crippen LogP contribution in [0.5, 0.6) is 0 Å². The molecule has 19 N–H and O–H groups in total. The molecular weight excluding hydrogens is 1360 g/mol. The van der Waals surface area contributed by atoms with E-state index in [2.05, 4.69) is 45.7 Å². The lowest BCUT2D eigenvalue weighted by atomic mass is 9.92. The second kappa shape index (κ2) is 42.2. The molecule has 37 nitrogen and oxygen atoms in total. The number of nitrogens with zero attached hydrogens (tertiary/aromatic N) is 1. The Labute approximate surface area is 591 Å². The van der Waals surface area contributed by atoms with E-state index >= 15 is 0 Å². The molecule has 6 aliphatic rings. The van der Waals surface area contributed by atoms with Gasteiger partial charge in [-0.15, -0.1) is 0 Å². The predicted molar refractivity (Wildman–Crippen MR) is 347 cm³/mol. The van der Waals surface area contributed by atoms with Crippen LogP contribution in [0.15, 0.2) is 12.2 Å². The van der Waals surface area contributed by atoms with Crippen molar-refractivity contribution in [1.82, 2.24) is 31.5 Å². The van der Waals surface area contributed by atoms with Gasteiger partial charge in [0.25, 0.3) is 0 Å². The van der Waals surface area contributed by atoms with Gasteiger partial charge in [-0.2, -0.15) is 0 Å². The van der Waals surface area contributed by atoms with Crippen molar-refractivity contribution in [3.8, 4) is 0 Å². The number of unbranched alkanes of at least 4 members (excludes halogenated alkanes) is 11. The fourth-order valence-corrected chi connectivity index (χ4v) is 13.7. The molecule has 0 aliphatic carbocycles. The van der Waals surface area contributed by atoms with Crippen molar-refractivity contribution in [3.63, 3.8) is 0 Å². The van der Waals surface area contributed by atoms with Crippen molar-refractivity contribution in [2.45, 2.75) is 315 Å². The first-order chi connectivity index (χ1) is 48.6. The van der Waals surface area contributed by atoms with Gasteiger partial charge in [0, 0.05) is 48.1 Å². The maximum Gasteiger partial charge on any atom is 0.222 e. The molecule has 0 spiro atoms. The van der Waals surface area contributed by atoms with E-state index in [9.17, 15) is 100 Å². The minimum atomic E-state index is -2.07. The van der Waals surface area contributed by atoms with E-state index in [0.717, 1.165) is 90.9 Å². The maximum absolute atomic E-state index is 13.8. The van der Waals surface area contributed by atoms with Crippen molar-refractivity contribution in [3.05, 3.63) is 12.2 Å². The smallest absolute Gasteiger partial charge is 0.222 e. The van der Waals surface area contributed by atoms with Crippen molar-refractivity contribution in [2.75, 3.05) is 46.7 Å². The highest BCUT2D eigenvalue weighted by Crippen LogP contribution is 2.38. The van der Waals surface area contributed by atoms with Gasteiger partial charge in [0.15, 0.2) is 37.7 Å². The zero-order valence-electron chi connectivity index (χ0n) is 58.8. The number of likely N-dealkylation sites (N-methyl/N-ethyl adjacent to an activating group) is 1. The Morgan fingerprint density at radius 3 is 0.951 bits per heavy atom. The normalized spacial score (nSPS) is 38.8. The topological polar surface area (TPSA) is 551 Å². The lowest BCUT2D eigenvalue weighted by Crippen LogP contribution is -2.72. The number of hydrogen-bond donors (Lipinski definition) is 19. The fourth-order valence-electron chi connectivity index (χ4n) is 13.7. The van der Waals surface area contributed by atoms with Crippen LogP contribution in [0.1, 0.15) is 131 Å². The molecule has 6 saturated heterocycles. The molecule has 37 heteroatoms. The Balaban J connectivity index is 1.16. The van der Waals surface area contributed by atoms with Crippen LogP contribution in [0.4, 0.5) is 0 Å². The average Bonchev–Trinajstić information content (AvgIpc) is 0.768. The summed E-state index contributed by atoms with van der Waals surface area (Å²) in [6.45, 7) is 1.61. The molecule has 0 aromatic rings. The van der Waals surface area contributed by atoms with Gasteiger partial charge in [0.05, 0.1) is 39.6 Å². The summed E-state index contributed by atoms with van der Waals surface area (Å²) in [5.74, 6) is -4.46. The second-order valence-electron chi connectivity index (χ2n) is 26.8. The number of aliphatic hydroxyl groups excluding tert-OH is 14. The Morgan fingerprint density at radius 1 is 0.353 bits per heavy atom. The van der Waals surface area contributed by atoms with Crippen LogP contribution in [0.3, 0.4) is 0 Å². The molecule has 6 amide bonds. The molecule has 0 radical (unpaired) electrons. The molecule has 0 aromatic carbocycles. The molecule has 0 aromatic heterocycles. The Bertz CT molecular complexity index is 2610. The molecular formula is C65H112N6O31. The van der Waals surface area contributed by atoms with Crippen molar-refractivity contribution in [1.29, 1.82) is 0 Å². The molecule has 0 bridgehead atoms. The second-order valence-corrected chi connectivity index (χ2v) is 26.8. The van der Waals surface area contributed by atoms with Crippen LogP contribution in [-0.4, -0.2) is 342 Å². The van der Waals surface area contributed by atoms with Crippen molar-refractivity contribution < 1.29 is 152 Å². The van der Waals surface area contributed by atoms with E-state index in [4.69, 9.17) is 52.1 Å². The summed E-state index contributed by atoms with van der Waals surface area (Å²) in [5, 5.41) is 169. The van der Waals surface area contributed by atoms with Gasteiger partial charge in [-0.05, 0) is 32.1 Å². The molecule has 30 atom stereocenters. The standard InChI is InChI=1S/C65H112N6O31/c1-8-9-10-11-12-13-14-15-16-17-18-19-20-21-22-23-41(83)71(7)47-54(90)48(84)35(24-72)93-65(47)102-59-40(29-77)97-64(46(53(59)89)70-34(6)82)101-58-39(28-76)96-63(45(52(58)88)69-33(5)81)100-57-38(27-75)95-62(44(51(57)87)68-32(4)80)99-56-37(26-74)94-61(43(50(56)86)67-31(3)79)98-55-36(25-73)92-60(91)42(49(55)85)66-30(2)78/h13-14,35-40,42-65,72-77,84-91H,8-12,15-29H2,1-7H3,(H,66,78)(H,67,79)(H,68,80)(H,69,81)(H,70,82). The molecule has 588 valence electrons. The Morgan fingerprint density at radius 2 is 0.627 bits per heavy atom. The van der Waals surface area contributed by atoms with Crippen molar-refractivity contribution >= 4 is 35.4 Å². The van der Waals surface area contributed by atoms with Crippen LogP contribution in [0.25, 0.3) is 0 Å². The zero-order chi connectivity index (χ0) is 75.2. The van der Waals surface area contributed by atoms with Crippen LogP contribution >= 0.6 is 0 Å². The van der Waals surface area contributed by atoms with E-state index in [1.54, 1.807) is 0 Å². The lowest BCUT2D eigenvalue weighted by molar-refractivity contribution is -0.371. The summed E-state index contributed by atoms with van der Waals surface area (Å²) in [6.07, 6.45) is -25.6. The van der Waals surface area contributed by atoms with Gasteiger partial charge in [-0.3, -0.25) is 28.8 Å². The van der Waals surface area contributed by atoms with Gasteiger partial charge in [-0.25, -0.2) is 0 Å². The van der Waals surface area contributed by atoms with Gasteiger partial charge < -0.3 is 155 Å². The van der Waals surface area contributed by atoms with Gasteiger partial charge in [-0.1, -0.05) is 70.4 Å². The van der Waals surface area contributed by atoms with E-state index in [-0.39, 0.29) is 6.42 Å². The average molecular weight is 1470 g/mol. The third-order valence-electron chi connectivity index (χ3n) is 18.9. The molecule has 6 aliphatic heterocycles. The minimum absolute atomic E-state index is 0.0331. The molecule has 102 heavy (non-hydrogen) atoms. The largest absolute Gasteiger partial charge is 0.394 e. The molecule has 0 saturated carbocycles. The number of aliphatic hydroxyl groups is 14. The number of allylic oxidation sites excluding steroid dienone is 2. The zero-order valence-corrected chi connectivity index (χ0v) is 58.8. The number of amides is 6. The number of carbonyl (C=O) groups is 6. The minimum Gasteiger partial charge on any atom is -0.394 e. The predicted octanol–water partition coefficient (Wildman–Crippen LogP) is -6.88. The number of carbonyl (C=O) groups excluding carboxylic acids is 6. The maximum atomic E-state index is 13.8. The fraction of sp³-hybridized carbons (Fsp3) is 0.877. The molecule has 6 rings (SSSR count). The van der Waals surface area contributed by atoms with Crippen LogP contribution in [0, 0.1) is 0 Å². The van der Waals surface area contributed by atoms with E-state index in [1.165, 1.54) is 32.7 Å². The first kappa shape index (κ1) is 86.5. The summed E-state index contributed by atoms with van der Waals surface area (Å²) in [4.78, 5) is 78.5. The first-order valence-corrected chi connectivity index (χ1v) is 35.2. The van der Waals surface area contributed by atoms with E-state index in [0.29, 0.717) is 6.42 Å². The summed E-state index contributed by atoms with van der Waals surface area (Å²) >= 11 is 0. The van der Waals surface area contributed by atoms with Crippen LogP contribution < -0.4 is 26.6 Å². The highest BCUT2D eigenvalue weighted by atomic mass is 16.8. The Hall–Kier alpha value is -4.44.